The molecule has 112 valence electrons. The number of halogens is 2. The van der Waals surface area contributed by atoms with E-state index in [0.29, 0.717) is 18.0 Å². The first kappa shape index (κ1) is 15.7. The highest BCUT2D eigenvalue weighted by molar-refractivity contribution is 6.31. The van der Waals surface area contributed by atoms with Crippen LogP contribution in [0.5, 0.6) is 0 Å². The van der Waals surface area contributed by atoms with Crippen molar-refractivity contribution in [3.8, 4) is 0 Å². The Morgan fingerprint density at radius 2 is 2.25 bits per heavy atom. The number of nitrogens with one attached hydrogen (secondary N) is 1. The van der Waals surface area contributed by atoms with E-state index in [-0.39, 0.29) is 10.8 Å². The summed E-state index contributed by atoms with van der Waals surface area (Å²) in [6, 6.07) is 6.02. The summed E-state index contributed by atoms with van der Waals surface area (Å²) in [5.74, 6) is 0.287. The Labute approximate surface area is 126 Å². The van der Waals surface area contributed by atoms with Crippen molar-refractivity contribution >= 4 is 11.6 Å². The van der Waals surface area contributed by atoms with Crippen molar-refractivity contribution in [2.24, 2.45) is 5.92 Å². The van der Waals surface area contributed by atoms with Gasteiger partial charge in [-0.25, -0.2) is 4.39 Å². The summed E-state index contributed by atoms with van der Waals surface area (Å²) >= 11 is 6.09. The Kier molecular flexibility index (Phi) is 5.42. The van der Waals surface area contributed by atoms with E-state index in [1.54, 1.807) is 6.07 Å². The normalized spacial score (nSPS) is 25.6. The van der Waals surface area contributed by atoms with Crippen LogP contribution in [-0.4, -0.2) is 30.1 Å². The molecule has 1 aromatic carbocycles. The van der Waals surface area contributed by atoms with Gasteiger partial charge in [0, 0.05) is 31.7 Å². The number of rotatable bonds is 4. The first-order chi connectivity index (χ1) is 9.52. The van der Waals surface area contributed by atoms with E-state index in [4.69, 9.17) is 11.6 Å². The summed E-state index contributed by atoms with van der Waals surface area (Å²) < 4.78 is 13.6. The van der Waals surface area contributed by atoms with Crippen LogP contribution in [0.4, 0.5) is 4.39 Å². The zero-order chi connectivity index (χ0) is 14.7. The molecule has 0 bridgehead atoms. The molecule has 20 heavy (non-hydrogen) atoms. The summed E-state index contributed by atoms with van der Waals surface area (Å²) in [5, 5.41) is 3.81. The van der Waals surface area contributed by atoms with Crippen molar-refractivity contribution in [3.05, 3.63) is 34.6 Å². The monoisotopic (exact) mass is 298 g/mol. The van der Waals surface area contributed by atoms with E-state index in [2.05, 4.69) is 31.0 Å². The van der Waals surface area contributed by atoms with Gasteiger partial charge in [-0.15, -0.1) is 0 Å². The van der Waals surface area contributed by atoms with Gasteiger partial charge >= 0.3 is 0 Å². The van der Waals surface area contributed by atoms with Gasteiger partial charge in [0.25, 0.3) is 0 Å². The average Bonchev–Trinajstić information content (AvgIpc) is 2.43. The second kappa shape index (κ2) is 6.88. The molecule has 0 spiro atoms. The molecule has 2 rings (SSSR count). The lowest BCUT2D eigenvalue weighted by Gasteiger charge is -2.42. The number of hydrogen-bond donors (Lipinski definition) is 1. The summed E-state index contributed by atoms with van der Waals surface area (Å²) in [5.41, 5.74) is 0.883. The molecular formula is C16H24ClFN2. The third-order valence-corrected chi connectivity index (χ3v) is 4.78. The van der Waals surface area contributed by atoms with Crippen LogP contribution in [0.1, 0.15) is 32.8 Å². The molecule has 1 aliphatic heterocycles. The molecule has 3 unspecified atom stereocenters. The van der Waals surface area contributed by atoms with Crippen molar-refractivity contribution in [1.82, 2.24) is 10.2 Å². The average molecular weight is 299 g/mol. The predicted octanol–water partition coefficient (Wildman–Crippen LogP) is 3.69. The van der Waals surface area contributed by atoms with E-state index < -0.39 is 0 Å². The molecule has 0 aromatic heterocycles. The molecule has 0 radical (unpaired) electrons. The second-order valence-corrected chi connectivity index (χ2v) is 6.28. The van der Waals surface area contributed by atoms with Crippen LogP contribution in [0.25, 0.3) is 0 Å². The molecule has 2 nitrogen and oxygen atoms in total. The van der Waals surface area contributed by atoms with Crippen LogP contribution in [0.15, 0.2) is 18.2 Å². The smallest absolute Gasteiger partial charge is 0.142 e. The van der Waals surface area contributed by atoms with Crippen molar-refractivity contribution in [1.29, 1.82) is 0 Å². The Bertz CT molecular complexity index is 452. The number of benzene rings is 1. The van der Waals surface area contributed by atoms with Crippen LogP contribution in [0.2, 0.25) is 5.02 Å². The number of nitrogens with zero attached hydrogens (tertiary/aromatic N) is 1. The van der Waals surface area contributed by atoms with E-state index in [0.717, 1.165) is 31.6 Å². The minimum atomic E-state index is -0.326. The SMILES string of the molecule is CCC(C)C1CNC(C)CN1Cc1cccc(F)c1Cl. The lowest BCUT2D eigenvalue weighted by molar-refractivity contribution is 0.0885. The Morgan fingerprint density at radius 1 is 1.50 bits per heavy atom. The van der Waals surface area contributed by atoms with Gasteiger partial charge in [0.15, 0.2) is 0 Å². The van der Waals surface area contributed by atoms with Crippen molar-refractivity contribution in [2.45, 2.75) is 45.8 Å². The predicted molar refractivity (Wildman–Crippen MR) is 82.5 cm³/mol. The zero-order valence-electron chi connectivity index (χ0n) is 12.5. The number of hydrogen-bond acceptors (Lipinski definition) is 2. The van der Waals surface area contributed by atoms with Gasteiger partial charge in [-0.3, -0.25) is 4.90 Å². The van der Waals surface area contributed by atoms with Gasteiger partial charge in [0.05, 0.1) is 5.02 Å². The van der Waals surface area contributed by atoms with Crippen LogP contribution in [0, 0.1) is 11.7 Å². The molecule has 0 saturated carbocycles. The lowest BCUT2D eigenvalue weighted by atomic mass is 9.94. The fourth-order valence-electron chi connectivity index (χ4n) is 2.91. The van der Waals surface area contributed by atoms with Crippen LogP contribution in [0.3, 0.4) is 0 Å². The summed E-state index contributed by atoms with van der Waals surface area (Å²) in [6.07, 6.45) is 1.15. The molecule has 1 saturated heterocycles. The highest BCUT2D eigenvalue weighted by Crippen LogP contribution is 2.25. The lowest BCUT2D eigenvalue weighted by Crippen LogP contribution is -2.57. The van der Waals surface area contributed by atoms with E-state index in [1.807, 2.05) is 6.07 Å². The van der Waals surface area contributed by atoms with E-state index >= 15 is 0 Å². The molecular weight excluding hydrogens is 275 g/mol. The Morgan fingerprint density at radius 3 is 2.95 bits per heavy atom. The second-order valence-electron chi connectivity index (χ2n) is 5.90. The topological polar surface area (TPSA) is 15.3 Å². The largest absolute Gasteiger partial charge is 0.311 e. The van der Waals surface area contributed by atoms with E-state index in [1.165, 1.54) is 6.07 Å². The van der Waals surface area contributed by atoms with Gasteiger partial charge in [0.1, 0.15) is 5.82 Å². The molecule has 1 fully saturated rings. The molecule has 4 heteroatoms. The zero-order valence-corrected chi connectivity index (χ0v) is 13.3. The van der Waals surface area contributed by atoms with Gasteiger partial charge < -0.3 is 5.32 Å². The first-order valence-corrected chi connectivity index (χ1v) is 7.81. The van der Waals surface area contributed by atoms with E-state index in [9.17, 15) is 4.39 Å². The van der Waals surface area contributed by atoms with Crippen molar-refractivity contribution in [2.75, 3.05) is 13.1 Å². The van der Waals surface area contributed by atoms with Gasteiger partial charge in [0.2, 0.25) is 0 Å². The fraction of sp³-hybridized carbons (Fsp3) is 0.625. The maximum absolute atomic E-state index is 13.6. The summed E-state index contributed by atoms with van der Waals surface area (Å²) in [6.45, 7) is 9.37. The maximum Gasteiger partial charge on any atom is 0.142 e. The summed E-state index contributed by atoms with van der Waals surface area (Å²) in [4.78, 5) is 2.44. The standard InChI is InChI=1S/C16H24ClFN2/c1-4-11(2)15-8-19-12(3)9-20(15)10-13-6-5-7-14(18)16(13)17/h5-7,11-12,15,19H,4,8-10H2,1-3H3. The van der Waals surface area contributed by atoms with Crippen molar-refractivity contribution in [3.63, 3.8) is 0 Å². The first-order valence-electron chi connectivity index (χ1n) is 7.43. The minimum Gasteiger partial charge on any atom is -0.311 e. The van der Waals surface area contributed by atoms with Gasteiger partial charge in [-0.1, -0.05) is 44.0 Å². The third-order valence-electron chi connectivity index (χ3n) is 4.36. The Balaban J connectivity index is 2.16. The molecule has 1 heterocycles. The molecule has 0 amide bonds. The molecule has 3 atom stereocenters. The van der Waals surface area contributed by atoms with Crippen LogP contribution in [-0.2, 0) is 6.54 Å². The van der Waals surface area contributed by atoms with Gasteiger partial charge in [-0.05, 0) is 24.5 Å². The fourth-order valence-corrected chi connectivity index (χ4v) is 3.09. The van der Waals surface area contributed by atoms with Crippen LogP contribution >= 0.6 is 11.6 Å². The molecule has 1 aromatic rings. The third kappa shape index (κ3) is 3.51. The highest BCUT2D eigenvalue weighted by Gasteiger charge is 2.29. The highest BCUT2D eigenvalue weighted by atomic mass is 35.5. The minimum absolute atomic E-state index is 0.265. The van der Waals surface area contributed by atoms with Crippen LogP contribution < -0.4 is 5.32 Å². The van der Waals surface area contributed by atoms with Gasteiger partial charge in [-0.2, -0.15) is 0 Å². The maximum atomic E-state index is 13.6. The number of piperazine rings is 1. The quantitative estimate of drug-likeness (QED) is 0.912. The molecule has 0 aliphatic carbocycles. The van der Waals surface area contributed by atoms with Crippen molar-refractivity contribution < 1.29 is 4.39 Å². The summed E-state index contributed by atoms with van der Waals surface area (Å²) in [7, 11) is 0. The molecule has 1 N–H and O–H groups in total. The molecule has 1 aliphatic rings. The Hall–Kier alpha value is -0.640.